The molecule has 1 amide bonds. The molecule has 2 aromatic carbocycles. The van der Waals surface area contributed by atoms with Crippen LogP contribution in [0.25, 0.3) is 0 Å². The molecule has 0 fully saturated rings. The van der Waals surface area contributed by atoms with Crippen LogP contribution in [0.15, 0.2) is 60.0 Å². The lowest BCUT2D eigenvalue weighted by Crippen LogP contribution is -2.61. The molecule has 3 aromatic rings. The van der Waals surface area contributed by atoms with E-state index in [9.17, 15) is 35.4 Å². The summed E-state index contributed by atoms with van der Waals surface area (Å²) >= 11 is 0.924. The number of hydrogen-bond donors (Lipinski definition) is 9. The highest BCUT2D eigenvalue weighted by molar-refractivity contribution is 7.13. The number of nitrogens with zero attached hydrogens (tertiary/aromatic N) is 1. The molecule has 0 bridgehead atoms. The second-order valence-corrected chi connectivity index (χ2v) is 8.17. The van der Waals surface area contributed by atoms with E-state index in [0.717, 1.165) is 29.0 Å². The molecule has 1 aromatic heterocycles. The lowest BCUT2D eigenvalue weighted by Gasteiger charge is -2.35. The van der Waals surface area contributed by atoms with Crippen molar-refractivity contribution >= 4 is 28.1 Å². The van der Waals surface area contributed by atoms with E-state index in [4.69, 9.17) is 5.73 Å². The largest absolute Gasteiger partial charge is 0.375 e. The van der Waals surface area contributed by atoms with Crippen molar-refractivity contribution < 1.29 is 35.4 Å². The Morgan fingerprint density at radius 3 is 2.18 bits per heavy atom. The van der Waals surface area contributed by atoms with Crippen LogP contribution in [0.5, 0.6) is 0 Å². The van der Waals surface area contributed by atoms with Crippen molar-refractivity contribution in [3.63, 3.8) is 0 Å². The van der Waals surface area contributed by atoms with Crippen LogP contribution in [0.4, 0.5) is 10.8 Å². The molecule has 0 aliphatic carbocycles. The van der Waals surface area contributed by atoms with Crippen molar-refractivity contribution in [1.82, 2.24) is 10.3 Å². The number of carbonyl (C=O) groups excluding carboxylic acids is 1. The Bertz CT molecular complexity index is 1090. The minimum absolute atomic E-state index is 0.0320. The SMILES string of the molecule is Nc1nc(C(O)(O)C(=O)Nc2ccc(C(O)(O)C(O)(O)NCCc3ccccc3)cc2)cs1. The minimum Gasteiger partial charge on any atom is -0.375 e. The summed E-state index contributed by atoms with van der Waals surface area (Å²) in [6.07, 6.45) is 0.402. The third-order valence-corrected chi connectivity index (χ3v) is 5.53. The molecule has 10 N–H and O–H groups in total. The van der Waals surface area contributed by atoms with Gasteiger partial charge in [-0.25, -0.2) is 4.98 Å². The number of aromatic nitrogens is 1. The predicted molar refractivity (Wildman–Crippen MR) is 119 cm³/mol. The van der Waals surface area contributed by atoms with E-state index in [0.29, 0.717) is 6.42 Å². The first-order valence-electron chi connectivity index (χ1n) is 9.70. The van der Waals surface area contributed by atoms with Gasteiger partial charge in [-0.3, -0.25) is 10.1 Å². The van der Waals surface area contributed by atoms with E-state index >= 15 is 0 Å². The first-order chi connectivity index (χ1) is 15.4. The maximum atomic E-state index is 12.2. The van der Waals surface area contributed by atoms with Crippen LogP contribution in [0, 0.1) is 0 Å². The summed E-state index contributed by atoms with van der Waals surface area (Å²) in [5.41, 5.74) is 5.76. The number of thiazole rings is 1. The smallest absolute Gasteiger partial charge is 0.291 e. The average Bonchev–Trinajstić information content (AvgIpc) is 3.22. The van der Waals surface area contributed by atoms with Crippen molar-refractivity contribution in [1.29, 1.82) is 0 Å². The number of nitrogens with two attached hydrogens (primary N) is 1. The van der Waals surface area contributed by atoms with Crippen LogP contribution in [0.2, 0.25) is 0 Å². The fraction of sp³-hybridized carbons (Fsp3) is 0.238. The lowest BCUT2D eigenvalue weighted by atomic mass is 10.0. The second kappa shape index (κ2) is 9.51. The zero-order valence-corrected chi connectivity index (χ0v) is 18.0. The number of benzene rings is 2. The molecule has 0 aliphatic heterocycles. The van der Waals surface area contributed by atoms with Gasteiger partial charge in [0.1, 0.15) is 5.69 Å². The van der Waals surface area contributed by atoms with Crippen molar-refractivity contribution in [3.8, 4) is 0 Å². The molecule has 176 valence electrons. The molecule has 1 heterocycles. The number of nitrogen functional groups attached to an aromatic ring is 1. The van der Waals surface area contributed by atoms with Gasteiger partial charge in [-0.2, -0.15) is 0 Å². The van der Waals surface area contributed by atoms with Crippen molar-refractivity contribution in [3.05, 3.63) is 76.8 Å². The van der Waals surface area contributed by atoms with Gasteiger partial charge in [0, 0.05) is 23.2 Å². The summed E-state index contributed by atoms with van der Waals surface area (Å²) in [5.74, 6) is -10.4. The van der Waals surface area contributed by atoms with E-state index in [1.807, 2.05) is 30.3 Å². The van der Waals surface area contributed by atoms with Gasteiger partial charge in [-0.15, -0.1) is 11.3 Å². The van der Waals surface area contributed by atoms with Crippen LogP contribution < -0.4 is 16.4 Å². The van der Waals surface area contributed by atoms with Gasteiger partial charge in [-0.1, -0.05) is 42.5 Å². The first kappa shape index (κ1) is 24.7. The van der Waals surface area contributed by atoms with Crippen molar-refractivity contribution in [2.45, 2.75) is 23.9 Å². The van der Waals surface area contributed by atoms with Gasteiger partial charge >= 0.3 is 0 Å². The van der Waals surface area contributed by atoms with Gasteiger partial charge < -0.3 is 41.7 Å². The van der Waals surface area contributed by atoms with Crippen molar-refractivity contribution in [2.24, 2.45) is 0 Å². The van der Waals surface area contributed by atoms with Crippen LogP contribution in [-0.2, 0) is 22.8 Å². The van der Waals surface area contributed by atoms with Gasteiger partial charge in [0.2, 0.25) is 0 Å². The first-order valence-corrected chi connectivity index (χ1v) is 10.6. The molecule has 12 heteroatoms. The Kier molecular flexibility index (Phi) is 7.11. The molecule has 0 saturated carbocycles. The van der Waals surface area contributed by atoms with Gasteiger partial charge in [0.25, 0.3) is 23.4 Å². The van der Waals surface area contributed by atoms with Gasteiger partial charge in [0.15, 0.2) is 5.13 Å². The maximum Gasteiger partial charge on any atom is 0.291 e. The normalized spacial score (nSPS) is 12.5. The molecule has 3 rings (SSSR count). The Balaban J connectivity index is 1.65. The van der Waals surface area contributed by atoms with Crippen LogP contribution in [0.3, 0.4) is 0 Å². The van der Waals surface area contributed by atoms with Crippen LogP contribution >= 0.6 is 11.3 Å². The van der Waals surface area contributed by atoms with Crippen molar-refractivity contribution in [2.75, 3.05) is 17.6 Å². The number of aliphatic hydroxyl groups is 6. The summed E-state index contributed by atoms with van der Waals surface area (Å²) in [6.45, 7) is 0.0320. The highest BCUT2D eigenvalue weighted by atomic mass is 32.1. The van der Waals surface area contributed by atoms with Crippen LogP contribution in [-0.4, -0.2) is 54.0 Å². The Hall–Kier alpha value is -2.94. The Morgan fingerprint density at radius 2 is 1.61 bits per heavy atom. The molecule has 11 nitrogen and oxygen atoms in total. The quantitative estimate of drug-likeness (QED) is 0.174. The maximum absolute atomic E-state index is 12.2. The van der Waals surface area contributed by atoms with E-state index in [1.165, 1.54) is 17.5 Å². The molecule has 0 atom stereocenters. The molecular weight excluding hydrogens is 452 g/mol. The Morgan fingerprint density at radius 1 is 0.970 bits per heavy atom. The third kappa shape index (κ3) is 5.52. The molecule has 33 heavy (non-hydrogen) atoms. The molecule has 0 unspecified atom stereocenters. The van der Waals surface area contributed by atoms with E-state index in [1.54, 1.807) is 0 Å². The molecular formula is C21H24N4O7S. The van der Waals surface area contributed by atoms with Crippen LogP contribution in [0.1, 0.15) is 16.8 Å². The summed E-state index contributed by atoms with van der Waals surface area (Å²) < 4.78 is 0. The third-order valence-electron chi connectivity index (χ3n) is 4.86. The second-order valence-electron chi connectivity index (χ2n) is 7.28. The predicted octanol–water partition coefficient (Wildman–Crippen LogP) is -0.890. The fourth-order valence-corrected chi connectivity index (χ4v) is 3.52. The lowest BCUT2D eigenvalue weighted by molar-refractivity contribution is -0.378. The number of amides is 1. The number of anilines is 2. The summed E-state index contributed by atoms with van der Waals surface area (Å²) in [4.78, 5) is 15.9. The molecule has 0 radical (unpaired) electrons. The van der Waals surface area contributed by atoms with Gasteiger partial charge in [-0.05, 0) is 24.1 Å². The number of carbonyl (C=O) groups is 1. The highest BCUT2D eigenvalue weighted by Gasteiger charge is 2.48. The average molecular weight is 477 g/mol. The topological polar surface area (TPSA) is 201 Å². The highest BCUT2D eigenvalue weighted by Crippen LogP contribution is 2.29. The standard InChI is InChI=1S/C21H24N4O7S/c22-18-25-16(12-33-18)19(27,28)17(26)24-15-8-6-14(7-9-15)20(29,30)21(31,32)23-11-10-13-4-2-1-3-5-13/h1-9,12,23,27-32H,10-11H2,(H2,22,25)(H,24,26). The molecule has 0 spiro atoms. The van der Waals surface area contributed by atoms with E-state index in [2.05, 4.69) is 15.6 Å². The molecule has 0 saturated heterocycles. The minimum atomic E-state index is -3.11. The Labute approximate surface area is 192 Å². The van der Waals surface area contributed by atoms with E-state index < -0.39 is 23.4 Å². The number of hydrogen-bond acceptors (Lipinski definition) is 11. The number of nitrogens with one attached hydrogen (secondary N) is 2. The number of rotatable bonds is 9. The van der Waals surface area contributed by atoms with E-state index in [-0.39, 0.29) is 28.6 Å². The zero-order valence-electron chi connectivity index (χ0n) is 17.2. The molecule has 0 aliphatic rings. The summed E-state index contributed by atoms with van der Waals surface area (Å²) in [5, 5.41) is 67.1. The summed E-state index contributed by atoms with van der Waals surface area (Å²) in [7, 11) is 0. The monoisotopic (exact) mass is 476 g/mol. The summed E-state index contributed by atoms with van der Waals surface area (Å²) in [6, 6.07) is 13.8. The van der Waals surface area contributed by atoms with Gasteiger partial charge in [0.05, 0.1) is 0 Å². The fourth-order valence-electron chi connectivity index (χ4n) is 2.92. The zero-order chi connectivity index (χ0) is 24.3.